The van der Waals surface area contributed by atoms with E-state index in [0.29, 0.717) is 29.9 Å². The zero-order valence-corrected chi connectivity index (χ0v) is 39.4. The van der Waals surface area contributed by atoms with Gasteiger partial charge in [0.15, 0.2) is 0 Å². The molecule has 360 valence electrons. The standard InChI is InChI=1S/C60H56FN3O7/c61-44-21-19-36(20-22-44)26-50(55(65)63-45-28-42(58(68)70-33-37-11-3-1-4-12-37)27-43(29-45)59(69)71-34-38-13-5-2-6-14-38)64-57(67)54-52-48-17-9-7-15-46(48)51(47-16-8-10-18-49(47)52)53(54)56(66)62-35-60-30-39-23-40(31-60)25-41(24-39)32-60/h1-22,27-29,39-41,50-54H,23-26,30-35H2,(H,62,66)(H,63,65)(H,64,67)/t39?,40?,41?,50-,51?,52?,53-,54+,60?/m0/s1. The minimum absolute atomic E-state index is 0.0116. The molecule has 10 nitrogen and oxygen atoms in total. The van der Waals surface area contributed by atoms with Crippen LogP contribution < -0.4 is 16.0 Å². The third-order valence-corrected chi connectivity index (χ3v) is 15.9. The van der Waals surface area contributed by atoms with Gasteiger partial charge in [0.2, 0.25) is 17.7 Å². The maximum absolute atomic E-state index is 15.5. The first-order valence-corrected chi connectivity index (χ1v) is 24.9. The second-order valence-corrected chi connectivity index (χ2v) is 20.7. The Morgan fingerprint density at radius 2 is 1.00 bits per heavy atom. The summed E-state index contributed by atoms with van der Waals surface area (Å²) in [5, 5.41) is 9.43. The quantitative estimate of drug-likeness (QED) is 0.0871. The van der Waals surface area contributed by atoms with Crippen molar-refractivity contribution in [3.8, 4) is 0 Å². The van der Waals surface area contributed by atoms with Crippen LogP contribution in [-0.2, 0) is 43.5 Å². The summed E-state index contributed by atoms with van der Waals surface area (Å²) in [4.78, 5) is 72.8. The van der Waals surface area contributed by atoms with Gasteiger partial charge in [0.25, 0.3) is 0 Å². The van der Waals surface area contributed by atoms with Crippen molar-refractivity contribution < 1.29 is 37.8 Å². The van der Waals surface area contributed by atoms with E-state index in [0.717, 1.165) is 52.6 Å². The number of ether oxygens (including phenoxy) is 2. The summed E-state index contributed by atoms with van der Waals surface area (Å²) in [6.45, 7) is 0.515. The summed E-state index contributed by atoms with van der Waals surface area (Å²) in [6, 6.07) is 43.0. The van der Waals surface area contributed by atoms with E-state index in [1.54, 1.807) is 12.1 Å². The average molecular weight is 950 g/mol. The Labute approximate surface area is 412 Å². The molecule has 0 saturated heterocycles. The first kappa shape index (κ1) is 46.0. The van der Waals surface area contributed by atoms with Crippen molar-refractivity contribution in [2.45, 2.75) is 76.0 Å². The van der Waals surface area contributed by atoms with Crippen LogP contribution in [0.4, 0.5) is 10.1 Å². The molecule has 0 aromatic heterocycles. The average Bonchev–Trinajstić information content (AvgIpc) is 3.39. The minimum atomic E-state index is -1.25. The highest BCUT2D eigenvalue weighted by molar-refractivity contribution is 6.02. The molecule has 13 rings (SSSR count). The van der Waals surface area contributed by atoms with Crippen LogP contribution in [0, 0.1) is 40.8 Å². The number of rotatable bonds is 15. The Morgan fingerprint density at radius 3 is 1.48 bits per heavy atom. The molecule has 7 aliphatic carbocycles. The molecule has 3 N–H and O–H groups in total. The van der Waals surface area contributed by atoms with E-state index in [1.807, 2.05) is 97.1 Å². The highest BCUT2D eigenvalue weighted by Gasteiger charge is 2.56. The largest absolute Gasteiger partial charge is 0.457 e. The van der Waals surface area contributed by atoms with Crippen molar-refractivity contribution in [3.05, 3.63) is 208 Å². The highest BCUT2D eigenvalue weighted by atomic mass is 19.1. The molecule has 0 spiro atoms. The van der Waals surface area contributed by atoms with Crippen molar-refractivity contribution in [2.75, 3.05) is 11.9 Å². The van der Waals surface area contributed by atoms with Gasteiger partial charge in [-0.15, -0.1) is 0 Å². The summed E-state index contributed by atoms with van der Waals surface area (Å²) >= 11 is 0. The Hall–Kier alpha value is -7.40. The van der Waals surface area contributed by atoms with Gasteiger partial charge >= 0.3 is 11.9 Å². The lowest BCUT2D eigenvalue weighted by molar-refractivity contribution is -0.139. The predicted octanol–water partition coefficient (Wildman–Crippen LogP) is 10.1. The van der Waals surface area contributed by atoms with Crippen molar-refractivity contribution >= 4 is 35.3 Å². The fourth-order valence-electron chi connectivity index (χ4n) is 13.3. The Morgan fingerprint density at radius 1 is 0.549 bits per heavy atom. The molecule has 11 heteroatoms. The zero-order chi connectivity index (χ0) is 48.6. The van der Waals surface area contributed by atoms with E-state index < -0.39 is 59.3 Å². The maximum atomic E-state index is 15.5. The summed E-state index contributed by atoms with van der Waals surface area (Å²) in [5.41, 5.74) is 6.21. The van der Waals surface area contributed by atoms with E-state index in [1.165, 1.54) is 49.6 Å². The number of carbonyl (C=O) groups is 5. The van der Waals surface area contributed by atoms with Crippen LogP contribution in [0.2, 0.25) is 0 Å². The summed E-state index contributed by atoms with van der Waals surface area (Å²) in [5.74, 6) is -3.67. The number of halogens is 1. The molecule has 6 aromatic rings. The molecule has 3 atom stereocenters. The Kier molecular flexibility index (Phi) is 12.6. The number of hydrogen-bond acceptors (Lipinski definition) is 7. The van der Waals surface area contributed by atoms with Crippen LogP contribution in [0.5, 0.6) is 0 Å². The second-order valence-electron chi connectivity index (χ2n) is 20.7. The van der Waals surface area contributed by atoms with Crippen molar-refractivity contribution in [1.82, 2.24) is 10.6 Å². The number of anilines is 1. The van der Waals surface area contributed by atoms with Gasteiger partial charge in [0, 0.05) is 30.5 Å². The van der Waals surface area contributed by atoms with Crippen molar-refractivity contribution in [1.29, 1.82) is 0 Å². The summed E-state index contributed by atoms with van der Waals surface area (Å²) < 4.78 is 25.6. The first-order chi connectivity index (χ1) is 34.6. The van der Waals surface area contributed by atoms with Crippen LogP contribution >= 0.6 is 0 Å². The molecule has 0 unspecified atom stereocenters. The summed E-state index contributed by atoms with van der Waals surface area (Å²) in [7, 11) is 0. The van der Waals surface area contributed by atoms with Crippen molar-refractivity contribution in [3.63, 3.8) is 0 Å². The molecule has 0 heterocycles. The second kappa shape index (κ2) is 19.4. The van der Waals surface area contributed by atoms with E-state index in [4.69, 9.17) is 9.47 Å². The number of carbonyl (C=O) groups excluding carboxylic acids is 5. The normalized spacial score (nSPS) is 24.4. The number of esters is 2. The number of fused-ring (bicyclic) bond motifs is 1. The predicted molar refractivity (Wildman–Crippen MR) is 265 cm³/mol. The van der Waals surface area contributed by atoms with Gasteiger partial charge in [-0.25, -0.2) is 14.0 Å². The van der Waals surface area contributed by atoms with Crippen LogP contribution in [0.3, 0.4) is 0 Å². The maximum Gasteiger partial charge on any atom is 0.338 e. The highest BCUT2D eigenvalue weighted by Crippen LogP contribution is 2.61. The van der Waals surface area contributed by atoms with E-state index in [9.17, 15) is 18.8 Å². The third-order valence-electron chi connectivity index (χ3n) is 15.9. The van der Waals surface area contributed by atoms with Gasteiger partial charge < -0.3 is 25.4 Å². The molecule has 0 radical (unpaired) electrons. The molecule has 6 bridgehead atoms. The topological polar surface area (TPSA) is 140 Å². The molecule has 0 aliphatic heterocycles. The first-order valence-electron chi connectivity index (χ1n) is 24.9. The van der Waals surface area contributed by atoms with Crippen LogP contribution in [-0.4, -0.2) is 42.2 Å². The Balaban J connectivity index is 0.906. The third kappa shape index (κ3) is 9.50. The lowest BCUT2D eigenvalue weighted by Crippen LogP contribution is -2.57. The molecule has 4 fully saturated rings. The number of benzene rings is 6. The minimum Gasteiger partial charge on any atom is -0.457 e. The van der Waals surface area contributed by atoms with Gasteiger partial charge in [-0.3, -0.25) is 14.4 Å². The molecule has 3 amide bonds. The van der Waals surface area contributed by atoms with Gasteiger partial charge in [-0.2, -0.15) is 0 Å². The number of hydrogen-bond donors (Lipinski definition) is 3. The van der Waals surface area contributed by atoms with Crippen LogP contribution in [0.1, 0.15) is 110 Å². The van der Waals surface area contributed by atoms with Crippen molar-refractivity contribution in [2.24, 2.45) is 35.0 Å². The van der Waals surface area contributed by atoms with Crippen LogP contribution in [0.15, 0.2) is 152 Å². The van der Waals surface area contributed by atoms with Gasteiger partial charge in [0.1, 0.15) is 25.1 Å². The van der Waals surface area contributed by atoms with Gasteiger partial charge in [-0.1, -0.05) is 121 Å². The fraction of sp³-hybridized carbons (Fsp3) is 0.317. The molecule has 6 aromatic carbocycles. The fourth-order valence-corrected chi connectivity index (χ4v) is 13.3. The SMILES string of the molecule is O=C(OCc1ccccc1)c1cc(NC(=O)[C@H](Cc2ccc(F)cc2)NC(=O)[C@@H]2C3c4ccccc4C(c4ccccc43)[C@@H]2C(=O)NCC23CC4CC(CC(C4)C2)C3)cc(C(=O)OCc2ccccc2)c1. The number of nitrogens with one attached hydrogen (secondary N) is 3. The lowest BCUT2D eigenvalue weighted by atomic mass is 9.49. The van der Waals surface area contributed by atoms with Crippen LogP contribution in [0.25, 0.3) is 0 Å². The Bertz CT molecular complexity index is 2840. The van der Waals surface area contributed by atoms with Gasteiger partial charge in [-0.05, 0) is 131 Å². The number of amides is 3. The zero-order valence-electron chi connectivity index (χ0n) is 39.4. The molecule has 4 saturated carbocycles. The smallest absolute Gasteiger partial charge is 0.338 e. The molecular weight excluding hydrogens is 894 g/mol. The van der Waals surface area contributed by atoms with E-state index in [-0.39, 0.29) is 47.8 Å². The monoisotopic (exact) mass is 949 g/mol. The van der Waals surface area contributed by atoms with E-state index in [2.05, 4.69) is 28.1 Å². The van der Waals surface area contributed by atoms with Gasteiger partial charge in [0.05, 0.1) is 23.0 Å². The molecular formula is C60H56FN3O7. The lowest BCUT2D eigenvalue weighted by Gasteiger charge is -2.57. The van der Waals surface area contributed by atoms with E-state index >= 15 is 9.59 Å². The molecule has 71 heavy (non-hydrogen) atoms. The molecule has 7 aliphatic rings. The summed E-state index contributed by atoms with van der Waals surface area (Å²) in [6.07, 6.45) is 7.20.